The Morgan fingerprint density at radius 2 is 1.72 bits per heavy atom. The summed E-state index contributed by atoms with van der Waals surface area (Å²) in [4.78, 5) is 0. The van der Waals surface area contributed by atoms with Crippen LogP contribution in [0.25, 0.3) is 5.57 Å². The van der Waals surface area contributed by atoms with Crippen LogP contribution in [0.3, 0.4) is 0 Å². The van der Waals surface area contributed by atoms with E-state index in [2.05, 4.69) is 63.3 Å². The molecule has 0 unspecified atom stereocenters. The van der Waals surface area contributed by atoms with Gasteiger partial charge >= 0.3 is 0 Å². The first kappa shape index (κ1) is 14.8. The maximum absolute atomic E-state index is 2.43. The number of unbranched alkanes of at least 4 members (excludes halogenated alkanes) is 1. The fourth-order valence-corrected chi connectivity index (χ4v) is 2.06. The van der Waals surface area contributed by atoms with Crippen molar-refractivity contribution in [3.8, 4) is 0 Å². The van der Waals surface area contributed by atoms with E-state index >= 15 is 0 Å². The van der Waals surface area contributed by atoms with Crippen molar-refractivity contribution in [1.82, 2.24) is 0 Å². The topological polar surface area (TPSA) is 0 Å². The Balaban J connectivity index is 2.65. The van der Waals surface area contributed by atoms with Crippen molar-refractivity contribution in [2.24, 2.45) is 0 Å². The van der Waals surface area contributed by atoms with Gasteiger partial charge in [0.2, 0.25) is 0 Å². The molecule has 0 spiro atoms. The first-order valence-corrected chi connectivity index (χ1v) is 7.18. The Labute approximate surface area is 112 Å². The fourth-order valence-electron chi connectivity index (χ4n) is 2.06. The summed E-state index contributed by atoms with van der Waals surface area (Å²) in [5.74, 6) is 0. The van der Waals surface area contributed by atoms with E-state index in [4.69, 9.17) is 0 Å². The van der Waals surface area contributed by atoms with E-state index < -0.39 is 0 Å². The molecule has 0 atom stereocenters. The predicted octanol–water partition coefficient (Wildman–Crippen LogP) is 6.01. The van der Waals surface area contributed by atoms with Crippen LogP contribution in [-0.4, -0.2) is 0 Å². The van der Waals surface area contributed by atoms with Crippen molar-refractivity contribution in [2.75, 3.05) is 0 Å². The van der Waals surface area contributed by atoms with Gasteiger partial charge in [0.25, 0.3) is 0 Å². The zero-order chi connectivity index (χ0) is 13.2. The van der Waals surface area contributed by atoms with Crippen molar-refractivity contribution in [2.45, 2.75) is 52.9 Å². The molecule has 0 N–H and O–H groups in total. The minimum absolute atomic E-state index is 1.11. The molecule has 0 saturated carbocycles. The lowest BCUT2D eigenvalue weighted by Gasteiger charge is -2.05. The van der Waals surface area contributed by atoms with E-state index in [0.717, 1.165) is 6.42 Å². The molecule has 0 heterocycles. The summed E-state index contributed by atoms with van der Waals surface area (Å²) in [6.07, 6.45) is 10.8. The van der Waals surface area contributed by atoms with E-state index in [1.54, 1.807) is 5.57 Å². The number of hydrogen-bond acceptors (Lipinski definition) is 0. The van der Waals surface area contributed by atoms with Gasteiger partial charge < -0.3 is 0 Å². The SMILES string of the molecule is CCC/C=C(/C/C=C(\C)c1ccccc1)CCC. The molecule has 0 aliphatic heterocycles. The van der Waals surface area contributed by atoms with Gasteiger partial charge in [0.1, 0.15) is 0 Å². The van der Waals surface area contributed by atoms with E-state index in [9.17, 15) is 0 Å². The van der Waals surface area contributed by atoms with Crippen molar-refractivity contribution in [1.29, 1.82) is 0 Å². The maximum atomic E-state index is 2.43. The molecule has 0 fully saturated rings. The average molecular weight is 242 g/mol. The molecule has 0 aromatic heterocycles. The number of rotatable bonds is 7. The van der Waals surface area contributed by atoms with E-state index in [1.165, 1.54) is 36.8 Å². The van der Waals surface area contributed by atoms with Crippen LogP contribution in [0.1, 0.15) is 58.4 Å². The first-order valence-electron chi connectivity index (χ1n) is 7.18. The van der Waals surface area contributed by atoms with Crippen LogP contribution in [0.2, 0.25) is 0 Å². The summed E-state index contributed by atoms with van der Waals surface area (Å²) in [6, 6.07) is 10.6. The highest BCUT2D eigenvalue weighted by molar-refractivity contribution is 5.63. The smallest absolute Gasteiger partial charge is 0.0133 e. The first-order chi connectivity index (χ1) is 8.77. The second kappa shape index (κ2) is 8.74. The highest BCUT2D eigenvalue weighted by atomic mass is 14.0. The van der Waals surface area contributed by atoms with Crippen LogP contribution in [0.15, 0.2) is 48.1 Å². The average Bonchev–Trinajstić information content (AvgIpc) is 2.42. The lowest BCUT2D eigenvalue weighted by molar-refractivity contribution is 0.854. The molecule has 18 heavy (non-hydrogen) atoms. The lowest BCUT2D eigenvalue weighted by Crippen LogP contribution is -1.84. The van der Waals surface area contributed by atoms with Crippen molar-refractivity contribution >= 4 is 5.57 Å². The third kappa shape index (κ3) is 5.35. The Kier molecular flexibility index (Phi) is 7.17. The zero-order valence-electron chi connectivity index (χ0n) is 12.1. The lowest BCUT2D eigenvalue weighted by atomic mass is 10.0. The Morgan fingerprint density at radius 3 is 2.33 bits per heavy atom. The standard InChI is InChI=1S/C18H26/c1-4-6-11-17(10-5-2)15-14-16(3)18-12-8-7-9-13-18/h7-9,11-14H,4-6,10,15H2,1-3H3/b16-14+,17-11+. The van der Waals surface area contributed by atoms with Gasteiger partial charge in [-0.15, -0.1) is 0 Å². The van der Waals surface area contributed by atoms with Gasteiger partial charge in [0.15, 0.2) is 0 Å². The molecule has 0 aliphatic rings. The highest BCUT2D eigenvalue weighted by Crippen LogP contribution is 2.18. The van der Waals surface area contributed by atoms with Crippen LogP contribution >= 0.6 is 0 Å². The largest absolute Gasteiger partial charge is 0.0850 e. The molecule has 1 rings (SSSR count). The molecular weight excluding hydrogens is 216 g/mol. The van der Waals surface area contributed by atoms with Gasteiger partial charge in [0.05, 0.1) is 0 Å². The highest BCUT2D eigenvalue weighted by Gasteiger charge is 1.97. The Morgan fingerprint density at radius 1 is 1.00 bits per heavy atom. The molecule has 0 aliphatic carbocycles. The van der Waals surface area contributed by atoms with Gasteiger partial charge in [-0.25, -0.2) is 0 Å². The summed E-state index contributed by atoms with van der Waals surface area (Å²) in [5, 5.41) is 0. The van der Waals surface area contributed by atoms with Crippen molar-refractivity contribution in [3.63, 3.8) is 0 Å². The molecule has 0 heteroatoms. The Bertz CT molecular complexity index is 382. The van der Waals surface area contributed by atoms with Gasteiger partial charge in [-0.2, -0.15) is 0 Å². The summed E-state index contributed by atoms with van der Waals surface area (Å²) >= 11 is 0. The van der Waals surface area contributed by atoms with Crippen LogP contribution in [0.5, 0.6) is 0 Å². The zero-order valence-corrected chi connectivity index (χ0v) is 12.1. The normalized spacial score (nSPS) is 12.8. The van der Waals surface area contributed by atoms with Crippen molar-refractivity contribution in [3.05, 3.63) is 53.6 Å². The molecule has 0 radical (unpaired) electrons. The molecular formula is C18H26. The summed E-state index contributed by atoms with van der Waals surface area (Å²) in [5.41, 5.74) is 4.31. The third-order valence-electron chi connectivity index (χ3n) is 3.19. The molecule has 1 aromatic rings. The monoisotopic (exact) mass is 242 g/mol. The minimum Gasteiger partial charge on any atom is -0.0850 e. The summed E-state index contributed by atoms with van der Waals surface area (Å²) < 4.78 is 0. The van der Waals surface area contributed by atoms with Crippen LogP contribution in [0, 0.1) is 0 Å². The van der Waals surface area contributed by atoms with E-state index in [1.807, 2.05) is 0 Å². The third-order valence-corrected chi connectivity index (χ3v) is 3.19. The van der Waals surface area contributed by atoms with Gasteiger partial charge in [-0.05, 0) is 37.3 Å². The van der Waals surface area contributed by atoms with E-state index in [-0.39, 0.29) is 0 Å². The molecule has 0 bridgehead atoms. The number of allylic oxidation sites excluding steroid dienone is 4. The van der Waals surface area contributed by atoms with E-state index in [0.29, 0.717) is 0 Å². The quantitative estimate of drug-likeness (QED) is 0.514. The number of hydrogen-bond donors (Lipinski definition) is 0. The molecule has 0 amide bonds. The maximum Gasteiger partial charge on any atom is -0.0133 e. The molecule has 1 aromatic carbocycles. The van der Waals surface area contributed by atoms with Crippen LogP contribution in [0.4, 0.5) is 0 Å². The van der Waals surface area contributed by atoms with Crippen LogP contribution in [-0.2, 0) is 0 Å². The molecule has 98 valence electrons. The second-order valence-electron chi connectivity index (χ2n) is 4.86. The molecule has 0 nitrogen and oxygen atoms in total. The summed E-state index contributed by atoms with van der Waals surface area (Å²) in [7, 11) is 0. The predicted molar refractivity (Wildman–Crippen MR) is 82.6 cm³/mol. The van der Waals surface area contributed by atoms with Gasteiger partial charge in [-0.1, -0.05) is 74.7 Å². The van der Waals surface area contributed by atoms with Gasteiger partial charge in [-0.3, -0.25) is 0 Å². The second-order valence-corrected chi connectivity index (χ2v) is 4.86. The fraction of sp³-hybridized carbons (Fsp3) is 0.444. The number of benzene rings is 1. The molecule has 0 saturated heterocycles. The van der Waals surface area contributed by atoms with Crippen molar-refractivity contribution < 1.29 is 0 Å². The minimum atomic E-state index is 1.11. The summed E-state index contributed by atoms with van der Waals surface area (Å²) in [6.45, 7) is 6.71. The Hall–Kier alpha value is -1.30. The van der Waals surface area contributed by atoms with Gasteiger partial charge in [0, 0.05) is 0 Å². The van der Waals surface area contributed by atoms with Crippen LogP contribution < -0.4 is 0 Å².